The average Bonchev–Trinajstić information content (AvgIpc) is 2.74. The summed E-state index contributed by atoms with van der Waals surface area (Å²) in [4.78, 5) is 25.0. The second-order valence-corrected chi connectivity index (χ2v) is 7.07. The second-order valence-electron chi connectivity index (χ2n) is 6.66. The number of hydrazine groups is 1. The van der Waals surface area contributed by atoms with Crippen LogP contribution in [0.25, 0.3) is 0 Å². The molecule has 0 aliphatic rings. The van der Waals surface area contributed by atoms with Crippen LogP contribution in [0.1, 0.15) is 34.6 Å². The van der Waals surface area contributed by atoms with Crippen molar-refractivity contribution in [2.45, 2.75) is 13.8 Å². The fourth-order valence-corrected chi connectivity index (χ4v) is 2.49. The third-order valence-electron chi connectivity index (χ3n) is 3.71. The maximum absolute atomic E-state index is 12.5. The first kappa shape index (κ1) is 22.9. The van der Waals surface area contributed by atoms with Crippen LogP contribution in [0.4, 0.5) is 0 Å². The first-order chi connectivity index (χ1) is 14.4. The molecule has 7 nitrogen and oxygen atoms in total. The first-order valence-corrected chi connectivity index (χ1v) is 9.79. The zero-order valence-corrected chi connectivity index (χ0v) is 17.8. The molecular weight excluding hydrogens is 402 g/mol. The molecule has 0 fully saturated rings. The maximum atomic E-state index is 12.5. The van der Waals surface area contributed by atoms with Crippen LogP contribution < -0.4 is 25.6 Å². The molecule has 0 bridgehead atoms. The molecule has 8 heteroatoms. The SMILES string of the molecule is C=CCOc1ccccc1C(=O)NNC(=S)NC(=O)c1ccccc1OCC(C)C. The Morgan fingerprint density at radius 2 is 1.53 bits per heavy atom. The van der Waals surface area contributed by atoms with E-state index < -0.39 is 11.8 Å². The highest BCUT2D eigenvalue weighted by Gasteiger charge is 2.15. The molecule has 0 aromatic heterocycles. The van der Waals surface area contributed by atoms with Crippen LogP contribution in [0.3, 0.4) is 0 Å². The molecule has 0 aliphatic carbocycles. The number of hydrogen-bond acceptors (Lipinski definition) is 5. The van der Waals surface area contributed by atoms with Gasteiger partial charge in [0.25, 0.3) is 11.8 Å². The van der Waals surface area contributed by atoms with Gasteiger partial charge in [-0.05, 0) is 42.4 Å². The third kappa shape index (κ3) is 6.89. The molecule has 0 unspecified atom stereocenters. The van der Waals surface area contributed by atoms with Crippen LogP contribution in [0.2, 0.25) is 0 Å². The van der Waals surface area contributed by atoms with E-state index in [0.717, 1.165) is 0 Å². The van der Waals surface area contributed by atoms with Crippen LogP contribution >= 0.6 is 12.2 Å². The minimum absolute atomic E-state index is 0.0588. The Balaban J connectivity index is 1.95. The summed E-state index contributed by atoms with van der Waals surface area (Å²) in [6, 6.07) is 13.6. The van der Waals surface area contributed by atoms with E-state index in [4.69, 9.17) is 21.7 Å². The van der Waals surface area contributed by atoms with Crippen LogP contribution in [-0.2, 0) is 0 Å². The van der Waals surface area contributed by atoms with E-state index >= 15 is 0 Å². The van der Waals surface area contributed by atoms with Gasteiger partial charge in [-0.3, -0.25) is 25.8 Å². The number of carbonyl (C=O) groups is 2. The van der Waals surface area contributed by atoms with Crippen molar-refractivity contribution in [3.8, 4) is 11.5 Å². The van der Waals surface area contributed by atoms with Gasteiger partial charge in [-0.2, -0.15) is 0 Å². The third-order valence-corrected chi connectivity index (χ3v) is 3.91. The number of benzene rings is 2. The molecule has 2 aromatic carbocycles. The summed E-state index contributed by atoms with van der Waals surface area (Å²) in [5, 5.41) is 2.46. The Hall–Kier alpha value is -3.39. The quantitative estimate of drug-likeness (QED) is 0.341. The monoisotopic (exact) mass is 427 g/mol. The van der Waals surface area contributed by atoms with Gasteiger partial charge in [0.15, 0.2) is 5.11 Å². The zero-order valence-electron chi connectivity index (χ0n) is 16.9. The lowest BCUT2D eigenvalue weighted by Gasteiger charge is -2.15. The van der Waals surface area contributed by atoms with Gasteiger partial charge >= 0.3 is 0 Å². The summed E-state index contributed by atoms with van der Waals surface area (Å²) in [5.41, 5.74) is 5.62. The minimum Gasteiger partial charge on any atom is -0.492 e. The predicted molar refractivity (Wildman–Crippen MR) is 120 cm³/mol. The lowest BCUT2D eigenvalue weighted by molar-refractivity contribution is 0.0930. The van der Waals surface area contributed by atoms with Crippen molar-refractivity contribution < 1.29 is 19.1 Å². The standard InChI is InChI=1S/C22H25N3O4S/c1-4-13-28-18-11-7-6-10-17(18)21(27)24-25-22(30)23-20(26)16-9-5-8-12-19(16)29-14-15(2)3/h4-12,15H,1,13-14H2,2-3H3,(H,24,27)(H2,23,25,26,30). The van der Waals surface area contributed by atoms with Crippen LogP contribution in [0, 0.1) is 5.92 Å². The summed E-state index contributed by atoms with van der Waals surface area (Å²) >= 11 is 5.11. The molecule has 0 saturated carbocycles. The first-order valence-electron chi connectivity index (χ1n) is 9.38. The van der Waals surface area contributed by atoms with Crippen molar-refractivity contribution in [1.82, 2.24) is 16.2 Å². The highest BCUT2D eigenvalue weighted by Crippen LogP contribution is 2.19. The summed E-state index contributed by atoms with van der Waals surface area (Å²) in [5.74, 6) is 0.270. The molecule has 0 aliphatic heterocycles. The van der Waals surface area contributed by atoms with Gasteiger partial charge in [-0.15, -0.1) is 0 Å². The summed E-state index contributed by atoms with van der Waals surface area (Å²) < 4.78 is 11.2. The zero-order chi connectivity index (χ0) is 21.9. The number of nitrogens with one attached hydrogen (secondary N) is 3. The molecule has 2 rings (SSSR count). The topological polar surface area (TPSA) is 88.7 Å². The lowest BCUT2D eigenvalue weighted by Crippen LogP contribution is -2.48. The summed E-state index contributed by atoms with van der Waals surface area (Å²) in [6.45, 7) is 8.37. The predicted octanol–water partition coefficient (Wildman–Crippen LogP) is 3.24. The summed E-state index contributed by atoms with van der Waals surface area (Å²) in [7, 11) is 0. The van der Waals surface area contributed by atoms with Crippen molar-refractivity contribution in [1.29, 1.82) is 0 Å². The van der Waals surface area contributed by atoms with Crippen molar-refractivity contribution in [2.24, 2.45) is 5.92 Å². The van der Waals surface area contributed by atoms with Gasteiger partial charge in [0.05, 0.1) is 17.7 Å². The molecule has 2 amide bonds. The molecule has 3 N–H and O–H groups in total. The molecule has 0 radical (unpaired) electrons. The number of para-hydroxylation sites is 2. The lowest BCUT2D eigenvalue weighted by atomic mass is 10.2. The second kappa shape index (κ2) is 11.6. The number of thiocarbonyl (C=S) groups is 1. The van der Waals surface area contributed by atoms with Crippen LogP contribution in [0.15, 0.2) is 61.2 Å². The molecule has 30 heavy (non-hydrogen) atoms. The van der Waals surface area contributed by atoms with Crippen LogP contribution in [-0.4, -0.2) is 30.1 Å². The number of rotatable bonds is 8. The number of ether oxygens (including phenoxy) is 2. The maximum Gasteiger partial charge on any atom is 0.273 e. The minimum atomic E-state index is -0.466. The van der Waals surface area contributed by atoms with Gasteiger partial charge in [0.1, 0.15) is 18.1 Å². The van der Waals surface area contributed by atoms with E-state index in [1.165, 1.54) is 0 Å². The molecule has 0 atom stereocenters. The van der Waals surface area contributed by atoms with Gasteiger partial charge in [-0.1, -0.05) is 50.8 Å². The van der Waals surface area contributed by atoms with E-state index in [1.54, 1.807) is 54.6 Å². The van der Waals surface area contributed by atoms with Gasteiger partial charge < -0.3 is 9.47 Å². The van der Waals surface area contributed by atoms with Gasteiger partial charge in [-0.25, -0.2) is 0 Å². The Kier molecular flexibility index (Phi) is 8.83. The van der Waals surface area contributed by atoms with Crippen molar-refractivity contribution >= 4 is 29.1 Å². The fraction of sp³-hybridized carbons (Fsp3) is 0.227. The molecule has 2 aromatic rings. The van der Waals surface area contributed by atoms with E-state index in [2.05, 4.69) is 22.7 Å². The molecule has 0 spiro atoms. The summed E-state index contributed by atoms with van der Waals surface area (Å²) in [6.07, 6.45) is 1.58. The molecule has 0 saturated heterocycles. The fourth-order valence-electron chi connectivity index (χ4n) is 2.35. The Morgan fingerprint density at radius 1 is 0.967 bits per heavy atom. The van der Waals surface area contributed by atoms with Crippen LogP contribution in [0.5, 0.6) is 11.5 Å². The van der Waals surface area contributed by atoms with E-state index in [0.29, 0.717) is 35.2 Å². The highest BCUT2D eigenvalue weighted by atomic mass is 32.1. The number of hydrogen-bond donors (Lipinski definition) is 3. The van der Waals surface area contributed by atoms with Crippen molar-refractivity contribution in [2.75, 3.05) is 13.2 Å². The molecule has 0 heterocycles. The van der Waals surface area contributed by atoms with Crippen molar-refractivity contribution in [3.63, 3.8) is 0 Å². The molecule has 158 valence electrons. The smallest absolute Gasteiger partial charge is 0.273 e. The van der Waals surface area contributed by atoms with E-state index in [-0.39, 0.29) is 11.7 Å². The highest BCUT2D eigenvalue weighted by molar-refractivity contribution is 7.80. The number of carbonyl (C=O) groups excluding carboxylic acids is 2. The van der Waals surface area contributed by atoms with Gasteiger partial charge in [0.2, 0.25) is 0 Å². The van der Waals surface area contributed by atoms with Gasteiger partial charge in [0, 0.05) is 0 Å². The largest absolute Gasteiger partial charge is 0.492 e. The molecular formula is C22H25N3O4S. The normalized spacial score (nSPS) is 10.1. The van der Waals surface area contributed by atoms with E-state index in [1.807, 2.05) is 13.8 Å². The Morgan fingerprint density at radius 3 is 2.13 bits per heavy atom. The Labute approximate surface area is 181 Å². The Bertz CT molecular complexity index is 915. The number of amides is 2. The average molecular weight is 428 g/mol. The van der Waals surface area contributed by atoms with Crippen molar-refractivity contribution in [3.05, 3.63) is 72.3 Å². The van der Waals surface area contributed by atoms with E-state index in [9.17, 15) is 9.59 Å².